The highest BCUT2D eigenvalue weighted by molar-refractivity contribution is 7.26. The molecule has 2 aliphatic heterocycles. The van der Waals surface area contributed by atoms with E-state index >= 15 is 0 Å². The van der Waals surface area contributed by atoms with Crippen LogP contribution in [-0.2, 0) is 10.8 Å². The fourth-order valence-corrected chi connectivity index (χ4v) is 15.4. The van der Waals surface area contributed by atoms with Crippen LogP contribution in [0, 0.1) is 0 Å². The van der Waals surface area contributed by atoms with E-state index in [4.69, 9.17) is 9.47 Å². The fourth-order valence-electron chi connectivity index (χ4n) is 14.1. The molecule has 0 saturated carbocycles. The summed E-state index contributed by atoms with van der Waals surface area (Å²) in [6.07, 6.45) is 0. The number of hydrogen-bond acceptors (Lipinski definition) is 4. The van der Waals surface area contributed by atoms with Crippen molar-refractivity contribution in [1.82, 2.24) is 0 Å². The Kier molecular flexibility index (Phi) is 9.14. The average Bonchev–Trinajstić information content (AvgIpc) is 3.62. The van der Waals surface area contributed by atoms with Crippen LogP contribution in [-0.4, -0.2) is 0 Å². The Labute approximate surface area is 456 Å². The van der Waals surface area contributed by atoms with Gasteiger partial charge in [-0.25, -0.2) is 0 Å². The number of ether oxygens (including phenoxy) is 2. The quantitative estimate of drug-likeness (QED) is 0.171. The van der Waals surface area contributed by atoms with Gasteiger partial charge in [-0.15, -0.1) is 11.3 Å². The molecule has 4 heteroatoms. The summed E-state index contributed by atoms with van der Waals surface area (Å²) < 4.78 is 16.1. The van der Waals surface area contributed by atoms with Crippen molar-refractivity contribution in [2.75, 3.05) is 4.90 Å². The minimum Gasteiger partial charge on any atom is -0.457 e. The molecule has 0 N–H and O–H groups in total. The molecule has 13 aromatic rings. The van der Waals surface area contributed by atoms with Gasteiger partial charge in [0.2, 0.25) is 0 Å². The summed E-state index contributed by atoms with van der Waals surface area (Å²) in [5.41, 5.74) is 21.3. The summed E-state index contributed by atoms with van der Waals surface area (Å²) in [6, 6.07) is 100. The highest BCUT2D eigenvalue weighted by atomic mass is 32.1. The second kappa shape index (κ2) is 16.4. The second-order valence-electron chi connectivity index (χ2n) is 21.0. The number of hydrogen-bond donors (Lipinski definition) is 0. The minimum absolute atomic E-state index is 0.571. The first kappa shape index (κ1) is 43.5. The van der Waals surface area contributed by atoms with E-state index < -0.39 is 10.8 Å². The molecule has 0 unspecified atom stereocenters. The summed E-state index contributed by atoms with van der Waals surface area (Å²) in [5, 5.41) is 2.60. The van der Waals surface area contributed by atoms with Crippen LogP contribution >= 0.6 is 11.3 Å². The maximum Gasteiger partial charge on any atom is 0.132 e. The molecule has 0 atom stereocenters. The van der Waals surface area contributed by atoms with Gasteiger partial charge in [-0.05, 0) is 133 Å². The molecule has 4 aliphatic rings. The monoisotopic (exact) mass is 1010 g/mol. The zero-order valence-electron chi connectivity index (χ0n) is 42.2. The van der Waals surface area contributed by atoms with Gasteiger partial charge < -0.3 is 14.4 Å². The van der Waals surface area contributed by atoms with Gasteiger partial charge in [-0.2, -0.15) is 0 Å². The molecule has 3 heterocycles. The van der Waals surface area contributed by atoms with Crippen LogP contribution in [0.2, 0.25) is 0 Å². The van der Waals surface area contributed by atoms with E-state index in [1.807, 2.05) is 11.3 Å². The van der Waals surface area contributed by atoms with Crippen molar-refractivity contribution in [3.05, 3.63) is 317 Å². The average molecular weight is 1010 g/mol. The van der Waals surface area contributed by atoms with Crippen LogP contribution in [0.15, 0.2) is 273 Å². The van der Waals surface area contributed by atoms with Gasteiger partial charge in [0.25, 0.3) is 0 Å². The maximum absolute atomic E-state index is 6.77. The van der Waals surface area contributed by atoms with Gasteiger partial charge in [0.05, 0.1) is 10.8 Å². The molecule has 0 fully saturated rings. The third-order valence-electron chi connectivity index (χ3n) is 17.2. The fraction of sp³-hybridized carbons (Fsp3) is 0.0270. The largest absolute Gasteiger partial charge is 0.457 e. The molecule has 2 aliphatic carbocycles. The molecule has 0 radical (unpaired) electrons. The summed E-state index contributed by atoms with van der Waals surface area (Å²) in [4.78, 5) is 2.46. The molecule has 12 aromatic carbocycles. The van der Waals surface area contributed by atoms with Crippen molar-refractivity contribution in [3.63, 3.8) is 0 Å². The number of para-hydroxylation sites is 4. The Morgan fingerprint density at radius 1 is 0.282 bits per heavy atom. The van der Waals surface area contributed by atoms with Crippen LogP contribution < -0.4 is 14.4 Å². The normalized spacial score (nSPS) is 14.1. The van der Waals surface area contributed by atoms with Crippen LogP contribution in [0.3, 0.4) is 0 Å². The van der Waals surface area contributed by atoms with Gasteiger partial charge >= 0.3 is 0 Å². The molecule has 17 rings (SSSR count). The van der Waals surface area contributed by atoms with Gasteiger partial charge in [0.15, 0.2) is 0 Å². The number of thiophene rings is 1. The number of rotatable bonds is 5. The molecule has 0 saturated heterocycles. The molecule has 78 heavy (non-hydrogen) atoms. The molecule has 364 valence electrons. The number of benzene rings is 12. The lowest BCUT2D eigenvalue weighted by molar-refractivity contribution is 0.436. The van der Waals surface area contributed by atoms with Crippen LogP contribution in [0.5, 0.6) is 23.0 Å². The maximum atomic E-state index is 6.77. The van der Waals surface area contributed by atoms with Crippen molar-refractivity contribution in [1.29, 1.82) is 0 Å². The van der Waals surface area contributed by atoms with E-state index in [0.29, 0.717) is 0 Å². The Balaban J connectivity index is 0.884. The molecule has 2 spiro atoms. The van der Waals surface area contributed by atoms with Gasteiger partial charge in [0.1, 0.15) is 23.0 Å². The Morgan fingerprint density at radius 3 is 1.42 bits per heavy atom. The first-order chi connectivity index (χ1) is 38.7. The Morgan fingerprint density at radius 2 is 0.744 bits per heavy atom. The smallest absolute Gasteiger partial charge is 0.132 e. The lowest BCUT2D eigenvalue weighted by Crippen LogP contribution is -2.32. The van der Waals surface area contributed by atoms with Gasteiger partial charge in [-0.3, -0.25) is 0 Å². The third-order valence-corrected chi connectivity index (χ3v) is 18.4. The van der Waals surface area contributed by atoms with Crippen molar-refractivity contribution in [3.8, 4) is 67.5 Å². The topological polar surface area (TPSA) is 21.7 Å². The van der Waals surface area contributed by atoms with Gasteiger partial charge in [-0.1, -0.05) is 206 Å². The van der Waals surface area contributed by atoms with Crippen molar-refractivity contribution in [2.24, 2.45) is 0 Å². The molecule has 3 nitrogen and oxygen atoms in total. The lowest BCUT2D eigenvalue weighted by Gasteiger charge is -2.39. The van der Waals surface area contributed by atoms with E-state index in [1.165, 1.54) is 81.4 Å². The number of nitrogens with zero attached hydrogens (tertiary/aromatic N) is 1. The van der Waals surface area contributed by atoms with E-state index in [2.05, 4.69) is 278 Å². The van der Waals surface area contributed by atoms with Crippen molar-refractivity contribution >= 4 is 48.6 Å². The summed E-state index contributed by atoms with van der Waals surface area (Å²) in [5.74, 6) is 3.54. The third kappa shape index (κ3) is 5.82. The zero-order chi connectivity index (χ0) is 51.1. The van der Waals surface area contributed by atoms with Crippen LogP contribution in [0.25, 0.3) is 64.7 Å². The van der Waals surface area contributed by atoms with Crippen LogP contribution in [0.1, 0.15) is 44.5 Å². The Hall–Kier alpha value is -9.74. The van der Waals surface area contributed by atoms with Crippen LogP contribution in [0.4, 0.5) is 17.1 Å². The van der Waals surface area contributed by atoms with E-state index in [1.54, 1.807) is 0 Å². The molecular formula is C74H45NO2S. The lowest BCUT2D eigenvalue weighted by atomic mass is 9.66. The van der Waals surface area contributed by atoms with Gasteiger partial charge in [0, 0.05) is 59.5 Å². The summed E-state index contributed by atoms with van der Waals surface area (Å²) in [6.45, 7) is 0. The predicted molar refractivity (Wildman–Crippen MR) is 320 cm³/mol. The predicted octanol–water partition coefficient (Wildman–Crippen LogP) is 19.8. The Bertz CT molecular complexity index is 4570. The number of anilines is 3. The second-order valence-corrected chi connectivity index (χ2v) is 22.0. The van der Waals surface area contributed by atoms with E-state index in [9.17, 15) is 0 Å². The highest BCUT2D eigenvalue weighted by Gasteiger charge is 2.53. The van der Waals surface area contributed by atoms with Crippen molar-refractivity contribution in [2.45, 2.75) is 10.8 Å². The van der Waals surface area contributed by atoms with Crippen molar-refractivity contribution < 1.29 is 9.47 Å². The number of fused-ring (bicyclic) bond motifs is 21. The first-order valence-corrected chi connectivity index (χ1v) is 27.6. The molecule has 0 amide bonds. The summed E-state index contributed by atoms with van der Waals surface area (Å²) in [7, 11) is 0. The minimum atomic E-state index is -0.622. The molecule has 0 bridgehead atoms. The summed E-state index contributed by atoms with van der Waals surface area (Å²) >= 11 is 1.87. The van der Waals surface area contributed by atoms with E-state index in [-0.39, 0.29) is 0 Å². The first-order valence-electron chi connectivity index (χ1n) is 26.8. The zero-order valence-corrected chi connectivity index (χ0v) is 43.0. The van der Waals surface area contributed by atoms with E-state index in [0.717, 1.165) is 67.9 Å². The SMILES string of the molecule is c1cc(-c2cccc3c2-c2ccccc2C32c3ccccc3Oc3ccccc32)cc(N(c2ccc(-c3cccc4c3sc3ccccc34)cc2)c2ccc3c(c2)C2(c4ccccc4Oc4ccccc42)c2ccccc2-3)c1. The standard InChI is InChI=1S/C74H45NO2S/c1-4-26-58-53(20-1)54-43-42-50(45-65(54)74(58)62-30-8-12-35-68(62)77-69-36-13-9-31-63(69)74)75(48-40-38-46(39-41-48)52-24-16-25-56-55-21-3-14-37-70(55)78-72(52)56)49-19-15-18-47(44-49)51-23-17-32-64-71(51)57-22-2-5-27-59(57)73(64)60-28-6-10-33-66(60)76-67-34-11-7-29-61(67)73/h1-45H. The molecular weight excluding hydrogens is 967 g/mol. The highest BCUT2D eigenvalue weighted by Crippen LogP contribution is 2.65. The molecule has 1 aromatic heterocycles.